The Balaban J connectivity index is 1.85. The van der Waals surface area contributed by atoms with Crippen LogP contribution in [-0.2, 0) is 0 Å². The van der Waals surface area contributed by atoms with Crippen LogP contribution in [0.2, 0.25) is 0 Å². The molecule has 5 nitrogen and oxygen atoms in total. The highest BCUT2D eigenvalue weighted by atomic mass is 16.2. The van der Waals surface area contributed by atoms with E-state index in [0.29, 0.717) is 18.0 Å². The molecule has 1 aliphatic rings. The van der Waals surface area contributed by atoms with E-state index in [9.17, 15) is 4.79 Å². The number of carbonyl (C=O) groups is 1. The molecule has 1 amide bonds. The van der Waals surface area contributed by atoms with Crippen molar-refractivity contribution in [1.29, 1.82) is 0 Å². The second-order valence-electron chi connectivity index (χ2n) is 7.17. The van der Waals surface area contributed by atoms with Crippen molar-refractivity contribution in [2.75, 3.05) is 27.2 Å². The van der Waals surface area contributed by atoms with Gasteiger partial charge in [-0.2, -0.15) is 0 Å². The van der Waals surface area contributed by atoms with Crippen molar-refractivity contribution in [2.24, 2.45) is 5.92 Å². The predicted octanol–water partition coefficient (Wildman–Crippen LogP) is 2.64. The highest BCUT2D eigenvalue weighted by molar-refractivity contribution is 5.97. The SMILES string of the molecule is CC1CN(C(=O)c2ccc3c(c2)ncn3C(C)C)CC1N(C)C. The number of fused-ring (bicyclic) bond motifs is 1. The maximum absolute atomic E-state index is 12.8. The third-order valence-corrected chi connectivity index (χ3v) is 4.90. The van der Waals surface area contributed by atoms with Gasteiger partial charge < -0.3 is 14.4 Å². The molecule has 23 heavy (non-hydrogen) atoms. The minimum atomic E-state index is 0.113. The Morgan fingerprint density at radius 2 is 2.04 bits per heavy atom. The van der Waals surface area contributed by atoms with Crippen molar-refractivity contribution < 1.29 is 4.79 Å². The van der Waals surface area contributed by atoms with Crippen molar-refractivity contribution >= 4 is 16.9 Å². The van der Waals surface area contributed by atoms with Crippen molar-refractivity contribution in [3.63, 3.8) is 0 Å². The van der Waals surface area contributed by atoms with Crippen LogP contribution in [0.3, 0.4) is 0 Å². The van der Waals surface area contributed by atoms with Gasteiger partial charge in [-0.15, -0.1) is 0 Å². The molecule has 0 bridgehead atoms. The van der Waals surface area contributed by atoms with Crippen LogP contribution in [0.25, 0.3) is 11.0 Å². The van der Waals surface area contributed by atoms with E-state index in [0.717, 1.165) is 29.7 Å². The first-order valence-corrected chi connectivity index (χ1v) is 8.30. The quantitative estimate of drug-likeness (QED) is 0.874. The molecule has 1 aliphatic heterocycles. The third-order valence-electron chi connectivity index (χ3n) is 4.90. The number of rotatable bonds is 3. The van der Waals surface area contributed by atoms with Gasteiger partial charge in [0.05, 0.1) is 17.4 Å². The Morgan fingerprint density at radius 3 is 2.65 bits per heavy atom. The van der Waals surface area contributed by atoms with E-state index in [2.05, 4.69) is 49.3 Å². The van der Waals surface area contributed by atoms with Crippen LogP contribution in [0.5, 0.6) is 0 Å². The van der Waals surface area contributed by atoms with E-state index in [-0.39, 0.29) is 5.91 Å². The number of amides is 1. The molecule has 1 aromatic carbocycles. The summed E-state index contributed by atoms with van der Waals surface area (Å²) in [6, 6.07) is 6.66. The van der Waals surface area contributed by atoms with Gasteiger partial charge in [-0.1, -0.05) is 6.92 Å². The largest absolute Gasteiger partial charge is 0.337 e. The van der Waals surface area contributed by atoms with Gasteiger partial charge in [0, 0.05) is 30.7 Å². The van der Waals surface area contributed by atoms with Gasteiger partial charge >= 0.3 is 0 Å². The lowest BCUT2D eigenvalue weighted by Crippen LogP contribution is -2.35. The van der Waals surface area contributed by atoms with Gasteiger partial charge in [0.2, 0.25) is 0 Å². The molecule has 0 spiro atoms. The molecule has 2 unspecified atom stereocenters. The molecule has 0 aliphatic carbocycles. The zero-order valence-electron chi connectivity index (χ0n) is 14.7. The van der Waals surface area contributed by atoms with Gasteiger partial charge in [-0.3, -0.25) is 4.79 Å². The fourth-order valence-corrected chi connectivity index (χ4v) is 3.55. The fraction of sp³-hybridized carbons (Fsp3) is 0.556. The van der Waals surface area contributed by atoms with Crippen LogP contribution in [0.15, 0.2) is 24.5 Å². The lowest BCUT2D eigenvalue weighted by molar-refractivity contribution is 0.0781. The molecule has 0 saturated carbocycles. The number of likely N-dealkylation sites (N-methyl/N-ethyl adjacent to an activating group) is 1. The minimum Gasteiger partial charge on any atom is -0.337 e. The molecule has 124 valence electrons. The molecule has 2 aromatic rings. The fourth-order valence-electron chi connectivity index (χ4n) is 3.55. The average Bonchev–Trinajstić information content (AvgIpc) is 3.09. The van der Waals surface area contributed by atoms with Crippen molar-refractivity contribution in [3.05, 3.63) is 30.1 Å². The summed E-state index contributed by atoms with van der Waals surface area (Å²) in [5.74, 6) is 0.611. The number of carbonyl (C=O) groups excluding carboxylic acids is 1. The first-order valence-electron chi connectivity index (χ1n) is 8.30. The molecular formula is C18H26N4O. The van der Waals surface area contributed by atoms with Crippen LogP contribution in [-0.4, -0.2) is 58.5 Å². The molecule has 0 N–H and O–H groups in total. The van der Waals surface area contributed by atoms with Gasteiger partial charge in [-0.25, -0.2) is 4.98 Å². The van der Waals surface area contributed by atoms with E-state index < -0.39 is 0 Å². The summed E-state index contributed by atoms with van der Waals surface area (Å²) in [6.07, 6.45) is 1.85. The molecule has 0 radical (unpaired) electrons. The summed E-state index contributed by atoms with van der Waals surface area (Å²) in [5.41, 5.74) is 2.71. The standard InChI is InChI=1S/C18H26N4O/c1-12(2)22-11-19-15-8-14(6-7-16(15)22)18(23)21-9-13(3)17(10-21)20(4)5/h6-8,11-13,17H,9-10H2,1-5H3. The summed E-state index contributed by atoms with van der Waals surface area (Å²) in [5, 5.41) is 0. The van der Waals surface area contributed by atoms with Crippen molar-refractivity contribution in [1.82, 2.24) is 19.4 Å². The highest BCUT2D eigenvalue weighted by Gasteiger charge is 2.34. The summed E-state index contributed by atoms with van der Waals surface area (Å²) >= 11 is 0. The summed E-state index contributed by atoms with van der Waals surface area (Å²) < 4.78 is 2.13. The number of benzene rings is 1. The number of imidazole rings is 1. The minimum absolute atomic E-state index is 0.113. The van der Waals surface area contributed by atoms with Gasteiger partial charge in [0.1, 0.15) is 0 Å². The lowest BCUT2D eigenvalue weighted by Gasteiger charge is -2.22. The Hall–Kier alpha value is -1.88. The Kier molecular flexibility index (Phi) is 4.15. The summed E-state index contributed by atoms with van der Waals surface area (Å²) in [4.78, 5) is 21.5. The van der Waals surface area contributed by atoms with Crippen LogP contribution in [0.1, 0.15) is 37.2 Å². The van der Waals surface area contributed by atoms with E-state index >= 15 is 0 Å². The molecule has 2 atom stereocenters. The van der Waals surface area contributed by atoms with Crippen LogP contribution >= 0.6 is 0 Å². The van der Waals surface area contributed by atoms with Gasteiger partial charge in [0.15, 0.2) is 0 Å². The van der Waals surface area contributed by atoms with Crippen LogP contribution in [0.4, 0.5) is 0 Å². The van der Waals surface area contributed by atoms with Crippen LogP contribution in [0, 0.1) is 5.92 Å². The molecular weight excluding hydrogens is 288 g/mol. The normalized spacial score (nSPS) is 21.8. The molecule has 2 heterocycles. The number of hydrogen-bond acceptors (Lipinski definition) is 3. The van der Waals surface area contributed by atoms with E-state index in [1.807, 2.05) is 29.4 Å². The molecule has 1 saturated heterocycles. The molecule has 1 aromatic heterocycles. The van der Waals surface area contributed by atoms with Crippen molar-refractivity contribution in [2.45, 2.75) is 32.9 Å². The maximum Gasteiger partial charge on any atom is 0.253 e. The second kappa shape index (κ2) is 5.96. The molecule has 3 rings (SSSR count). The number of nitrogens with zero attached hydrogens (tertiary/aromatic N) is 4. The maximum atomic E-state index is 12.8. The van der Waals surface area contributed by atoms with E-state index in [1.54, 1.807) is 0 Å². The van der Waals surface area contributed by atoms with Gasteiger partial charge in [-0.05, 0) is 52.1 Å². The first-order chi connectivity index (χ1) is 10.9. The Bertz CT molecular complexity index is 719. The first kappa shape index (κ1) is 16.0. The summed E-state index contributed by atoms with van der Waals surface area (Å²) in [6.45, 7) is 8.09. The second-order valence-corrected chi connectivity index (χ2v) is 7.17. The zero-order chi connectivity index (χ0) is 16.7. The smallest absolute Gasteiger partial charge is 0.253 e. The van der Waals surface area contributed by atoms with E-state index in [4.69, 9.17) is 0 Å². The summed E-state index contributed by atoms with van der Waals surface area (Å²) in [7, 11) is 4.17. The Labute approximate surface area is 137 Å². The van der Waals surface area contributed by atoms with E-state index in [1.165, 1.54) is 0 Å². The number of hydrogen-bond donors (Lipinski definition) is 0. The average molecular weight is 314 g/mol. The lowest BCUT2D eigenvalue weighted by atomic mass is 10.1. The zero-order valence-corrected chi connectivity index (χ0v) is 14.7. The number of likely N-dealkylation sites (tertiary alicyclic amines) is 1. The monoisotopic (exact) mass is 314 g/mol. The third kappa shape index (κ3) is 2.85. The highest BCUT2D eigenvalue weighted by Crippen LogP contribution is 2.24. The number of aromatic nitrogens is 2. The van der Waals surface area contributed by atoms with Crippen LogP contribution < -0.4 is 0 Å². The topological polar surface area (TPSA) is 41.4 Å². The predicted molar refractivity (Wildman–Crippen MR) is 92.7 cm³/mol. The van der Waals surface area contributed by atoms with Crippen molar-refractivity contribution in [3.8, 4) is 0 Å². The molecule has 1 fully saturated rings. The van der Waals surface area contributed by atoms with Gasteiger partial charge in [0.25, 0.3) is 5.91 Å². The molecule has 5 heteroatoms. The Morgan fingerprint density at radius 1 is 1.30 bits per heavy atom.